The molecule has 0 spiro atoms. The molecule has 0 heterocycles. The van der Waals surface area contributed by atoms with Crippen molar-refractivity contribution in [2.24, 2.45) is 0 Å². The molecule has 0 saturated heterocycles. The Morgan fingerprint density at radius 3 is 1.89 bits per heavy atom. The van der Waals surface area contributed by atoms with E-state index in [0.717, 1.165) is 0 Å². The molecule has 0 atom stereocenters. The van der Waals surface area contributed by atoms with E-state index < -0.39 is 41.5 Å². The molecule has 0 fully saturated rings. The molecule has 9 nitrogen and oxygen atoms in total. The highest BCUT2D eigenvalue weighted by Gasteiger charge is 2.25. The van der Waals surface area contributed by atoms with Gasteiger partial charge in [0.1, 0.15) is 15.5 Å². The molecule has 0 amide bonds. The van der Waals surface area contributed by atoms with Gasteiger partial charge in [0.2, 0.25) is 0 Å². The van der Waals surface area contributed by atoms with Crippen molar-refractivity contribution in [3.63, 3.8) is 0 Å². The van der Waals surface area contributed by atoms with Crippen LogP contribution < -0.4 is 4.74 Å². The average Bonchev–Trinajstić information content (AvgIpc) is 2.17. The maximum atomic E-state index is 10.9. The Kier molecular flexibility index (Phi) is 3.62. The van der Waals surface area contributed by atoms with Crippen molar-refractivity contribution < 1.29 is 40.6 Å². The smallest absolute Gasteiger partial charge is 0.298 e. The fraction of sp³-hybridized carbons (Fsp3) is 0. The SMILES string of the molecule is O=COc1cc(S(=O)(=O)O)c(O)cc1S(=O)(=O)O. The lowest BCUT2D eigenvalue weighted by Crippen LogP contribution is -2.06. The number of rotatable bonds is 4. The quantitative estimate of drug-likeness (QED) is 0.488. The maximum absolute atomic E-state index is 10.9. The van der Waals surface area contributed by atoms with E-state index in [2.05, 4.69) is 4.74 Å². The Bertz CT molecular complexity index is 686. The summed E-state index contributed by atoms with van der Waals surface area (Å²) in [4.78, 5) is 8.02. The van der Waals surface area contributed by atoms with Crippen LogP contribution >= 0.6 is 0 Å². The van der Waals surface area contributed by atoms with Crippen molar-refractivity contribution in [3.8, 4) is 11.5 Å². The molecule has 0 aliphatic carbocycles. The number of carbonyl (C=O) groups excluding carboxylic acids is 1. The van der Waals surface area contributed by atoms with Crippen LogP contribution in [-0.2, 0) is 25.0 Å². The van der Waals surface area contributed by atoms with E-state index in [1.807, 2.05) is 0 Å². The summed E-state index contributed by atoms with van der Waals surface area (Å²) in [5.74, 6) is -2.00. The van der Waals surface area contributed by atoms with Gasteiger partial charge in [0.05, 0.1) is 0 Å². The molecular formula is C7H6O9S2. The molecule has 1 aromatic carbocycles. The van der Waals surface area contributed by atoms with Gasteiger partial charge in [-0.25, -0.2) is 0 Å². The molecule has 0 aliphatic heterocycles. The van der Waals surface area contributed by atoms with Gasteiger partial charge in [0.25, 0.3) is 26.7 Å². The number of benzene rings is 1. The summed E-state index contributed by atoms with van der Waals surface area (Å²) in [5.41, 5.74) is 0. The van der Waals surface area contributed by atoms with E-state index in [1.54, 1.807) is 0 Å². The lowest BCUT2D eigenvalue weighted by molar-refractivity contribution is -0.120. The van der Waals surface area contributed by atoms with Crippen LogP contribution in [0.2, 0.25) is 0 Å². The lowest BCUT2D eigenvalue weighted by atomic mass is 10.3. The monoisotopic (exact) mass is 298 g/mol. The second-order valence-electron chi connectivity index (χ2n) is 2.93. The van der Waals surface area contributed by atoms with E-state index in [9.17, 15) is 26.7 Å². The van der Waals surface area contributed by atoms with E-state index in [4.69, 9.17) is 9.11 Å². The first kappa shape index (κ1) is 14.4. The number of hydrogen-bond donors (Lipinski definition) is 3. The molecular weight excluding hydrogens is 292 g/mol. The van der Waals surface area contributed by atoms with Gasteiger partial charge < -0.3 is 9.84 Å². The highest BCUT2D eigenvalue weighted by atomic mass is 32.2. The van der Waals surface area contributed by atoms with Crippen LogP contribution in [-0.4, -0.2) is 37.5 Å². The Balaban J connectivity index is 3.70. The van der Waals surface area contributed by atoms with Gasteiger partial charge in [-0.15, -0.1) is 0 Å². The summed E-state index contributed by atoms with van der Waals surface area (Å²) in [6.45, 7) is -0.227. The predicted molar refractivity (Wildman–Crippen MR) is 54.4 cm³/mol. The molecule has 100 valence electrons. The molecule has 0 saturated carbocycles. The number of carbonyl (C=O) groups is 1. The normalized spacial score (nSPS) is 12.1. The largest absolute Gasteiger partial charge is 0.506 e. The van der Waals surface area contributed by atoms with Crippen LogP contribution in [0.3, 0.4) is 0 Å². The van der Waals surface area contributed by atoms with Crippen molar-refractivity contribution in [2.45, 2.75) is 9.79 Å². The fourth-order valence-electron chi connectivity index (χ4n) is 1.08. The third kappa shape index (κ3) is 2.95. The molecule has 0 bridgehead atoms. The summed E-state index contributed by atoms with van der Waals surface area (Å²) in [6.07, 6.45) is 0. The maximum Gasteiger partial charge on any atom is 0.298 e. The summed E-state index contributed by atoms with van der Waals surface area (Å²) >= 11 is 0. The second kappa shape index (κ2) is 4.53. The first-order chi connectivity index (χ1) is 8.07. The molecule has 11 heteroatoms. The summed E-state index contributed by atoms with van der Waals surface area (Å²) in [5, 5.41) is 9.22. The van der Waals surface area contributed by atoms with Crippen LogP contribution in [0.25, 0.3) is 0 Å². The standard InChI is InChI=1S/C7H6O9S2/c8-3-16-5-2-6(17(10,11)12)4(9)1-7(5)18(13,14)15/h1-3,9H,(H,10,11,12)(H,13,14,15). The summed E-state index contributed by atoms with van der Waals surface area (Å²) in [6, 6.07) is 0.694. The Labute approximate surface area is 101 Å². The van der Waals surface area contributed by atoms with Gasteiger partial charge in [0, 0.05) is 12.1 Å². The van der Waals surface area contributed by atoms with Crippen LogP contribution in [0.4, 0.5) is 0 Å². The van der Waals surface area contributed by atoms with Crippen molar-refractivity contribution in [2.75, 3.05) is 0 Å². The predicted octanol–water partition coefficient (Wildman–Crippen LogP) is -0.579. The van der Waals surface area contributed by atoms with Crippen LogP contribution in [0.15, 0.2) is 21.9 Å². The number of hydrogen-bond acceptors (Lipinski definition) is 7. The Hall–Kier alpha value is -1.69. The Morgan fingerprint density at radius 2 is 1.50 bits per heavy atom. The van der Waals surface area contributed by atoms with E-state index in [0.29, 0.717) is 12.1 Å². The van der Waals surface area contributed by atoms with E-state index in [1.165, 1.54) is 0 Å². The lowest BCUT2D eigenvalue weighted by Gasteiger charge is -2.08. The van der Waals surface area contributed by atoms with Crippen molar-refractivity contribution in [3.05, 3.63) is 12.1 Å². The zero-order chi connectivity index (χ0) is 14.1. The van der Waals surface area contributed by atoms with Gasteiger partial charge in [-0.05, 0) is 0 Å². The topological polar surface area (TPSA) is 155 Å². The van der Waals surface area contributed by atoms with Gasteiger partial charge in [-0.3, -0.25) is 13.9 Å². The van der Waals surface area contributed by atoms with Gasteiger partial charge in [-0.2, -0.15) is 16.8 Å². The van der Waals surface area contributed by atoms with Crippen molar-refractivity contribution in [1.82, 2.24) is 0 Å². The van der Waals surface area contributed by atoms with E-state index in [-0.39, 0.29) is 6.47 Å². The zero-order valence-corrected chi connectivity index (χ0v) is 9.97. The second-order valence-corrected chi connectivity index (χ2v) is 5.71. The molecule has 0 aliphatic rings. The summed E-state index contributed by atoms with van der Waals surface area (Å²) in [7, 11) is -9.72. The van der Waals surface area contributed by atoms with Crippen LogP contribution in [0, 0.1) is 0 Å². The highest BCUT2D eigenvalue weighted by molar-refractivity contribution is 7.86. The molecule has 18 heavy (non-hydrogen) atoms. The minimum absolute atomic E-state index is 0.227. The number of aromatic hydroxyl groups is 1. The van der Waals surface area contributed by atoms with Crippen LogP contribution in [0.5, 0.6) is 11.5 Å². The van der Waals surface area contributed by atoms with Gasteiger partial charge in [-0.1, -0.05) is 0 Å². The number of phenolic OH excluding ortho intramolecular Hbond substituents is 1. The van der Waals surface area contributed by atoms with Crippen molar-refractivity contribution in [1.29, 1.82) is 0 Å². The van der Waals surface area contributed by atoms with Gasteiger partial charge >= 0.3 is 0 Å². The third-order valence-corrected chi connectivity index (χ3v) is 3.51. The minimum Gasteiger partial charge on any atom is -0.506 e. The molecule has 0 unspecified atom stereocenters. The molecule has 1 aromatic rings. The van der Waals surface area contributed by atoms with Crippen molar-refractivity contribution >= 4 is 26.7 Å². The minimum atomic E-state index is -4.86. The molecule has 1 rings (SSSR count). The third-order valence-electron chi connectivity index (χ3n) is 1.76. The Morgan fingerprint density at radius 1 is 1.00 bits per heavy atom. The first-order valence-electron chi connectivity index (χ1n) is 3.99. The zero-order valence-electron chi connectivity index (χ0n) is 8.34. The number of phenols is 1. The highest BCUT2D eigenvalue weighted by Crippen LogP contribution is 2.33. The molecule has 0 aromatic heterocycles. The number of ether oxygens (including phenoxy) is 1. The first-order valence-corrected chi connectivity index (χ1v) is 6.87. The average molecular weight is 298 g/mol. The molecule has 3 N–H and O–H groups in total. The fourth-order valence-corrected chi connectivity index (χ4v) is 2.28. The van der Waals surface area contributed by atoms with Crippen LogP contribution in [0.1, 0.15) is 0 Å². The van der Waals surface area contributed by atoms with E-state index >= 15 is 0 Å². The molecule has 0 radical (unpaired) electrons. The van der Waals surface area contributed by atoms with Gasteiger partial charge in [0.15, 0.2) is 5.75 Å². The summed E-state index contributed by atoms with van der Waals surface area (Å²) < 4.78 is 65.0.